The molecule has 0 aliphatic rings. The summed E-state index contributed by atoms with van der Waals surface area (Å²) in [5.74, 6) is 2.19. The number of para-hydroxylation sites is 2. The molecule has 0 saturated heterocycles. The van der Waals surface area contributed by atoms with Crippen LogP contribution < -0.4 is 33.6 Å². The van der Waals surface area contributed by atoms with Gasteiger partial charge in [-0.1, -0.05) is 402 Å². The number of hydrogen-bond acceptors (Lipinski definition) is 9. The molecule has 19 rings (SSSR count). The van der Waals surface area contributed by atoms with Crippen LogP contribution in [0.3, 0.4) is 0 Å². The number of carbonyl (C=O) groups excluding carboxylic acids is 2. The number of ether oxygens (including phenoxy) is 4. The normalized spacial score (nSPS) is 11.0. The maximum absolute atomic E-state index is 12.5. The monoisotopic (exact) mass is 1900 g/mol. The van der Waals surface area contributed by atoms with Gasteiger partial charge in [0.1, 0.15) is 23.0 Å². The van der Waals surface area contributed by atoms with Gasteiger partial charge in [-0.25, -0.2) is 4.79 Å². The van der Waals surface area contributed by atoms with Crippen LogP contribution in [0.4, 0.5) is 56.0 Å². The van der Waals surface area contributed by atoms with Gasteiger partial charge in [0.2, 0.25) is 0 Å². The molecule has 0 bridgehead atoms. The van der Waals surface area contributed by atoms with Crippen LogP contribution in [-0.4, -0.2) is 19.2 Å². The molecular weight excluding hydrogens is 1780 g/mol. The van der Waals surface area contributed by atoms with Crippen molar-refractivity contribution in [3.63, 3.8) is 0 Å². The molecule has 0 unspecified atom stereocenters. The molecule has 0 aliphatic carbocycles. The van der Waals surface area contributed by atoms with E-state index in [4.69, 9.17) is 18.9 Å². The second kappa shape index (κ2) is 49.0. The summed E-state index contributed by atoms with van der Waals surface area (Å²) in [6.07, 6.45) is 15.5. The highest BCUT2D eigenvalue weighted by Crippen LogP contribution is 2.43. The van der Waals surface area contributed by atoms with Gasteiger partial charge in [-0.05, 0) is 309 Å². The Kier molecular flexibility index (Phi) is 33.4. The summed E-state index contributed by atoms with van der Waals surface area (Å²) in [6, 6.07) is 174. The van der Waals surface area contributed by atoms with E-state index in [2.05, 4.69) is 491 Å². The van der Waals surface area contributed by atoms with Crippen LogP contribution in [0.15, 0.2) is 522 Å². The molecule has 0 spiro atoms. The van der Waals surface area contributed by atoms with Gasteiger partial charge in [0.25, 0.3) is 0 Å². The van der Waals surface area contributed by atoms with Crippen molar-refractivity contribution in [2.75, 3.05) is 21.8 Å². The number of aryl methyl sites for hydroxylation is 5. The molecule has 0 N–H and O–H groups in total. The van der Waals surface area contributed by atoms with Gasteiger partial charge in [0.05, 0.1) is 7.11 Å². The minimum Gasteiger partial charge on any atom is -0.497 e. The molecule has 0 aliphatic heterocycles. The van der Waals surface area contributed by atoms with Gasteiger partial charge in [0.15, 0.2) is 0 Å². The van der Waals surface area contributed by atoms with Crippen LogP contribution in [0.25, 0.3) is 45.6 Å². The Bertz CT molecular complexity index is 7200. The zero-order chi connectivity index (χ0) is 101. The van der Waals surface area contributed by atoms with Gasteiger partial charge >= 0.3 is 12.1 Å². The molecule has 0 saturated carbocycles. The van der Waals surface area contributed by atoms with Crippen LogP contribution in [-0.2, 0) is 16.6 Å². The third kappa shape index (κ3) is 26.3. The fourth-order valence-electron chi connectivity index (χ4n) is 18.4. The Morgan fingerprint density at radius 3 is 0.959 bits per heavy atom. The number of rotatable bonds is 31. The first-order chi connectivity index (χ1) is 71.5. The number of esters is 1. The van der Waals surface area contributed by atoms with Crippen molar-refractivity contribution in [2.45, 2.75) is 79.1 Å². The Hall–Kier alpha value is -17.9. The van der Waals surface area contributed by atoms with Gasteiger partial charge < -0.3 is 33.6 Å². The highest BCUT2D eigenvalue weighted by molar-refractivity contribution is 5.86. The fraction of sp³-hybridized carbons (Fsp3) is 0.0949. The van der Waals surface area contributed by atoms with E-state index in [1.165, 1.54) is 79.3 Å². The molecule has 19 aromatic rings. The van der Waals surface area contributed by atoms with Crippen LogP contribution in [0.1, 0.15) is 123 Å². The van der Waals surface area contributed by atoms with E-state index in [1.54, 1.807) is 25.3 Å². The van der Waals surface area contributed by atoms with E-state index in [0.717, 1.165) is 121 Å². The highest BCUT2D eigenvalue weighted by Gasteiger charge is 2.27. The smallest absolute Gasteiger partial charge is 0.497 e. The Balaban J connectivity index is 0.000000159. The third-order valence-electron chi connectivity index (χ3n) is 26.2. The summed E-state index contributed by atoms with van der Waals surface area (Å²) in [6.45, 7) is 13.7. The summed E-state index contributed by atoms with van der Waals surface area (Å²) in [4.78, 5) is 30.8. The summed E-state index contributed by atoms with van der Waals surface area (Å²) in [5, 5.41) is 0. The average molecular weight is 1900 g/mol. The SMILES string of the molecule is C(/C=C/c1ccc(N(c2ccc(/C=C/C=C(c3ccccc3)c3ccccc3)cc2)c2ccc(CCCC(c3ccccc3)c3ccccc3)cc2)cc1)=C(c1ccccc1)c1ccccc1.COc1ccc(-c2ccc(OC(=O)Oc3ccc(C(C)(C)c4ccc(OC(C)=O)c(C)c4)cc3C)cc2)cc1.Cc1cccc(N(c2ccccc2)c2ccc(-c3ccc(N(c4ccccc4)c4cccc(C)c4)cc3)cc2)c1. The van der Waals surface area contributed by atoms with Crippen LogP contribution in [0, 0.1) is 27.7 Å². The lowest BCUT2D eigenvalue weighted by atomic mass is 9.77. The van der Waals surface area contributed by atoms with Crippen LogP contribution >= 0.6 is 0 Å². The Labute approximate surface area is 860 Å². The van der Waals surface area contributed by atoms with Gasteiger partial charge in [-0.2, -0.15) is 0 Å². The molecular formula is C137H119N3O6. The molecule has 9 nitrogen and oxygen atoms in total. The molecule has 19 aromatic carbocycles. The van der Waals surface area contributed by atoms with Crippen LogP contribution in [0.5, 0.6) is 23.0 Å². The molecule has 9 heteroatoms. The first kappa shape index (κ1) is 99.6. The largest absolute Gasteiger partial charge is 0.519 e. The van der Waals surface area contributed by atoms with Crippen molar-refractivity contribution in [3.8, 4) is 45.3 Å². The molecule has 0 fully saturated rings. The van der Waals surface area contributed by atoms with E-state index in [1.807, 2.05) is 80.6 Å². The molecule has 146 heavy (non-hydrogen) atoms. The van der Waals surface area contributed by atoms with Crippen molar-refractivity contribution in [1.29, 1.82) is 0 Å². The van der Waals surface area contributed by atoms with Gasteiger partial charge in [-0.3, -0.25) is 4.79 Å². The average Bonchev–Trinajstić information content (AvgIpc) is 0.769. The number of anilines is 9. The Morgan fingerprint density at radius 1 is 0.301 bits per heavy atom. The number of carbonyl (C=O) groups is 2. The molecule has 0 aromatic heterocycles. The summed E-state index contributed by atoms with van der Waals surface area (Å²) in [7, 11) is 1.63. The quantitative estimate of drug-likeness (QED) is 0.0183. The zero-order valence-corrected chi connectivity index (χ0v) is 83.8. The van der Waals surface area contributed by atoms with E-state index >= 15 is 0 Å². The fourth-order valence-corrected chi connectivity index (χ4v) is 18.4. The lowest BCUT2D eigenvalue weighted by Crippen LogP contribution is -2.20. The van der Waals surface area contributed by atoms with Crippen molar-refractivity contribution < 1.29 is 28.5 Å². The highest BCUT2D eigenvalue weighted by atomic mass is 16.7. The molecule has 0 atom stereocenters. The van der Waals surface area contributed by atoms with Gasteiger partial charge in [0, 0.05) is 69.4 Å². The van der Waals surface area contributed by atoms with Crippen molar-refractivity contribution in [1.82, 2.24) is 0 Å². The summed E-state index contributed by atoms with van der Waals surface area (Å²) in [5.41, 5.74) is 34.1. The first-order valence-corrected chi connectivity index (χ1v) is 49.7. The molecule has 0 amide bonds. The lowest BCUT2D eigenvalue weighted by Gasteiger charge is -2.27. The third-order valence-corrected chi connectivity index (χ3v) is 26.2. The standard InChI is InChI=1S/C66H55N.C38H32N2.C33H32O6/c1-7-25-55(26-8-1)64(56-27-9-2-10-28-56)37-19-22-52-40-46-61(47-41-52)67(62-48-42-53(43-49-62)23-20-38-65(57-29-11-3-12-30-57)58-31-13-4-14-32-58)63-50-44-54(45-51-63)24-21-39-66(59-33-15-5-16-34-59)60-35-17-6-18-36-60;1-29-11-9-17-37(27-29)39(33-13-5-3-6-14-33)35-23-19-31(20-24-35)32-21-25-36(26-22-32)40(34-15-7-4-8-16-34)38-18-10-12-30(2)28-38;1-21-19-26(11-17-30(21)37-23(3)34)33(4,5)27-12-18-31(22(2)20-27)39-32(35)38-29-15-9-25(10-16-29)24-7-13-28(36-6)14-8-24/h1-20,22-23,25-38,40-51,66H,21,24,39H2;3-28H,1-2H3;7-20H,1-6H3/b22-19+,23-20+;;. The summed E-state index contributed by atoms with van der Waals surface area (Å²) < 4.78 is 21.4. The van der Waals surface area contributed by atoms with E-state index in [0.29, 0.717) is 23.2 Å². The Morgan fingerprint density at radius 2 is 0.610 bits per heavy atom. The molecule has 0 radical (unpaired) electrons. The predicted molar refractivity (Wildman–Crippen MR) is 608 cm³/mol. The van der Waals surface area contributed by atoms with E-state index in [9.17, 15) is 9.59 Å². The second-order valence-corrected chi connectivity index (χ2v) is 36.8. The minimum atomic E-state index is -0.806. The van der Waals surface area contributed by atoms with Crippen molar-refractivity contribution in [2.24, 2.45) is 0 Å². The number of methoxy groups -OCH3 is 1. The topological polar surface area (TPSA) is 80.8 Å². The van der Waals surface area contributed by atoms with Crippen molar-refractivity contribution in [3.05, 3.63) is 605 Å². The van der Waals surface area contributed by atoms with Crippen molar-refractivity contribution >= 4 is 86.6 Å². The van der Waals surface area contributed by atoms with E-state index in [-0.39, 0.29) is 11.4 Å². The number of benzene rings is 19. The maximum atomic E-state index is 12.5. The van der Waals surface area contributed by atoms with Crippen LogP contribution in [0.2, 0.25) is 0 Å². The summed E-state index contributed by atoms with van der Waals surface area (Å²) >= 11 is 0. The van der Waals surface area contributed by atoms with Gasteiger partial charge in [-0.15, -0.1) is 0 Å². The molecule has 718 valence electrons. The maximum Gasteiger partial charge on any atom is 0.519 e. The lowest BCUT2D eigenvalue weighted by molar-refractivity contribution is -0.131. The first-order valence-electron chi connectivity index (χ1n) is 49.7. The number of hydrogen-bond donors (Lipinski definition) is 0. The predicted octanol–water partition coefficient (Wildman–Crippen LogP) is 36.3. The zero-order valence-electron chi connectivity index (χ0n) is 83.8. The van der Waals surface area contributed by atoms with E-state index < -0.39 is 6.16 Å². The molecule has 0 heterocycles. The number of nitrogens with zero attached hydrogens (tertiary/aromatic N) is 3. The number of allylic oxidation sites excluding steroid dienone is 4. The minimum absolute atomic E-state index is 0.338. The second-order valence-electron chi connectivity index (χ2n) is 36.8.